The third-order valence-electron chi connectivity index (χ3n) is 6.80. The highest BCUT2D eigenvalue weighted by atomic mass is 15.1. The van der Waals surface area contributed by atoms with E-state index in [9.17, 15) is 0 Å². The Kier molecular flexibility index (Phi) is 13.7. The van der Waals surface area contributed by atoms with Gasteiger partial charge in [0.15, 0.2) is 0 Å². The Bertz CT molecular complexity index is 835. The molecule has 0 atom stereocenters. The third kappa shape index (κ3) is 8.54. The molecule has 2 heterocycles. The van der Waals surface area contributed by atoms with Gasteiger partial charge < -0.3 is 0 Å². The topological polar surface area (TPSA) is 6.48 Å². The van der Waals surface area contributed by atoms with E-state index in [-0.39, 0.29) is 0 Å². The minimum atomic E-state index is 0.647. The fourth-order valence-corrected chi connectivity index (χ4v) is 4.46. The van der Waals surface area contributed by atoms with E-state index in [2.05, 4.69) is 94.7 Å². The van der Waals surface area contributed by atoms with Crippen molar-refractivity contribution in [2.45, 2.75) is 120 Å². The molecule has 0 saturated carbocycles. The van der Waals surface area contributed by atoms with Gasteiger partial charge in [-0.15, -0.1) is 0 Å². The summed E-state index contributed by atoms with van der Waals surface area (Å²) in [5, 5.41) is 0. The van der Waals surface area contributed by atoms with Gasteiger partial charge in [-0.1, -0.05) is 98.7 Å². The first kappa shape index (κ1) is 30.4. The van der Waals surface area contributed by atoms with Gasteiger partial charge >= 0.3 is 0 Å². The van der Waals surface area contributed by atoms with E-state index in [0.717, 1.165) is 26.2 Å². The zero-order chi connectivity index (χ0) is 25.8. The molecular formula is C32H54N2. The summed E-state index contributed by atoms with van der Waals surface area (Å²) in [5.41, 5.74) is 9.13. The zero-order valence-electron chi connectivity index (χ0n) is 24.3. The van der Waals surface area contributed by atoms with E-state index in [0.29, 0.717) is 17.9 Å². The molecule has 192 valence electrons. The van der Waals surface area contributed by atoms with Crippen LogP contribution in [0, 0.1) is 0 Å². The maximum atomic E-state index is 2.55. The molecule has 0 saturated heterocycles. The lowest BCUT2D eigenvalue weighted by molar-refractivity contribution is 0.203. The van der Waals surface area contributed by atoms with E-state index < -0.39 is 0 Å². The van der Waals surface area contributed by atoms with Crippen LogP contribution in [0.25, 0.3) is 0 Å². The Labute approximate surface area is 212 Å². The molecule has 0 unspecified atom stereocenters. The average molecular weight is 467 g/mol. The van der Waals surface area contributed by atoms with E-state index in [1.165, 1.54) is 40.8 Å². The van der Waals surface area contributed by atoms with Crippen LogP contribution in [0.4, 0.5) is 0 Å². The minimum absolute atomic E-state index is 0.647. The van der Waals surface area contributed by atoms with Crippen molar-refractivity contribution in [3.8, 4) is 0 Å². The SMILES string of the molecule is CC.CC.CC(C)c1ccc2c(c1)CCN(C(C)C)C2.CCN1Cc2ccc(C(C)C)cc2C1. The van der Waals surface area contributed by atoms with Crippen LogP contribution in [-0.2, 0) is 26.1 Å². The fraction of sp³-hybridized carbons (Fsp3) is 0.625. The summed E-state index contributed by atoms with van der Waals surface area (Å²) in [4.78, 5) is 5.03. The van der Waals surface area contributed by atoms with Crippen LogP contribution in [0.15, 0.2) is 36.4 Å². The molecule has 0 amide bonds. The van der Waals surface area contributed by atoms with Crippen LogP contribution in [0.5, 0.6) is 0 Å². The molecule has 2 aliphatic rings. The zero-order valence-corrected chi connectivity index (χ0v) is 24.3. The van der Waals surface area contributed by atoms with Gasteiger partial charge in [0, 0.05) is 32.2 Å². The number of nitrogens with zero attached hydrogens (tertiary/aromatic N) is 2. The van der Waals surface area contributed by atoms with Crippen molar-refractivity contribution in [1.82, 2.24) is 9.80 Å². The third-order valence-corrected chi connectivity index (χ3v) is 6.80. The fourth-order valence-electron chi connectivity index (χ4n) is 4.46. The summed E-state index contributed by atoms with van der Waals surface area (Å²) in [6.07, 6.45) is 1.22. The molecule has 0 spiro atoms. The number of hydrogen-bond acceptors (Lipinski definition) is 2. The minimum Gasteiger partial charge on any atom is -0.296 e. The molecule has 0 aliphatic carbocycles. The molecule has 0 fully saturated rings. The Balaban J connectivity index is 0.000000299. The summed E-state index contributed by atoms with van der Waals surface area (Å²) in [6, 6.07) is 14.7. The quantitative estimate of drug-likeness (QED) is 0.444. The first-order valence-corrected chi connectivity index (χ1v) is 14.0. The molecule has 2 nitrogen and oxygen atoms in total. The van der Waals surface area contributed by atoms with Gasteiger partial charge in [-0.3, -0.25) is 9.80 Å². The smallest absolute Gasteiger partial charge is 0.0240 e. The molecule has 0 radical (unpaired) electrons. The van der Waals surface area contributed by atoms with Crippen molar-refractivity contribution in [2.75, 3.05) is 13.1 Å². The summed E-state index contributed by atoms with van der Waals surface area (Å²) in [5.74, 6) is 1.30. The van der Waals surface area contributed by atoms with E-state index in [1.807, 2.05) is 27.7 Å². The number of hydrogen-bond donors (Lipinski definition) is 0. The highest BCUT2D eigenvalue weighted by Crippen LogP contribution is 2.26. The van der Waals surface area contributed by atoms with Crippen LogP contribution in [-0.4, -0.2) is 28.9 Å². The van der Waals surface area contributed by atoms with Gasteiger partial charge in [0.25, 0.3) is 0 Å². The maximum absolute atomic E-state index is 2.55. The van der Waals surface area contributed by atoms with Gasteiger partial charge in [-0.2, -0.15) is 0 Å². The predicted octanol–water partition coefficient (Wildman–Crippen LogP) is 8.77. The Morgan fingerprint density at radius 2 is 1.12 bits per heavy atom. The van der Waals surface area contributed by atoms with Gasteiger partial charge in [0.1, 0.15) is 0 Å². The van der Waals surface area contributed by atoms with Crippen molar-refractivity contribution in [2.24, 2.45) is 0 Å². The average Bonchev–Trinajstić information content (AvgIpc) is 3.28. The van der Waals surface area contributed by atoms with Crippen molar-refractivity contribution in [1.29, 1.82) is 0 Å². The standard InChI is InChI=1S/C15H23N.C13H19N.2C2H6/c1-11(2)13-5-6-15-10-16(12(3)4)8-7-14(15)9-13;1-4-14-8-12-6-5-11(10(2)3)7-13(12)9-14;2*1-2/h5-6,9,11-12H,7-8,10H2,1-4H3;5-7,10H,4,8-9H2,1-3H3;2*1-2H3. The molecule has 2 aromatic carbocycles. The van der Waals surface area contributed by atoms with Crippen LogP contribution in [0.2, 0.25) is 0 Å². The van der Waals surface area contributed by atoms with E-state index in [4.69, 9.17) is 0 Å². The first-order chi connectivity index (χ1) is 16.3. The van der Waals surface area contributed by atoms with Gasteiger partial charge in [-0.25, -0.2) is 0 Å². The summed E-state index contributed by atoms with van der Waals surface area (Å²) < 4.78 is 0. The number of fused-ring (bicyclic) bond motifs is 2. The van der Waals surface area contributed by atoms with Gasteiger partial charge in [-0.05, 0) is 72.0 Å². The largest absolute Gasteiger partial charge is 0.296 e. The maximum Gasteiger partial charge on any atom is 0.0240 e. The van der Waals surface area contributed by atoms with Crippen molar-refractivity contribution in [3.05, 3.63) is 69.8 Å². The molecule has 2 aromatic rings. The lowest BCUT2D eigenvalue weighted by Gasteiger charge is -2.32. The molecule has 0 bridgehead atoms. The lowest BCUT2D eigenvalue weighted by Crippen LogP contribution is -2.35. The van der Waals surface area contributed by atoms with Crippen LogP contribution in [0.3, 0.4) is 0 Å². The van der Waals surface area contributed by atoms with Crippen LogP contribution >= 0.6 is 0 Å². The van der Waals surface area contributed by atoms with Crippen molar-refractivity contribution >= 4 is 0 Å². The molecule has 0 N–H and O–H groups in total. The second-order valence-corrected chi connectivity index (χ2v) is 9.98. The monoisotopic (exact) mass is 466 g/mol. The summed E-state index contributed by atoms with van der Waals surface area (Å²) in [6.45, 7) is 29.6. The molecule has 2 aliphatic heterocycles. The highest BCUT2D eigenvalue weighted by Gasteiger charge is 2.19. The normalized spacial score (nSPS) is 15.0. The Hall–Kier alpha value is -1.64. The number of rotatable bonds is 4. The summed E-state index contributed by atoms with van der Waals surface area (Å²) >= 11 is 0. The Morgan fingerprint density at radius 3 is 1.59 bits per heavy atom. The predicted molar refractivity (Wildman–Crippen MR) is 153 cm³/mol. The molecule has 4 rings (SSSR count). The van der Waals surface area contributed by atoms with E-state index >= 15 is 0 Å². The first-order valence-electron chi connectivity index (χ1n) is 14.0. The second-order valence-electron chi connectivity index (χ2n) is 9.98. The lowest BCUT2D eigenvalue weighted by atomic mass is 9.93. The van der Waals surface area contributed by atoms with Crippen molar-refractivity contribution in [3.63, 3.8) is 0 Å². The molecule has 2 heteroatoms. The molecule has 0 aromatic heterocycles. The van der Waals surface area contributed by atoms with Crippen LogP contribution < -0.4 is 0 Å². The van der Waals surface area contributed by atoms with E-state index in [1.54, 1.807) is 5.56 Å². The van der Waals surface area contributed by atoms with Gasteiger partial charge in [0.2, 0.25) is 0 Å². The van der Waals surface area contributed by atoms with Crippen LogP contribution in [0.1, 0.15) is 121 Å². The molecule has 34 heavy (non-hydrogen) atoms. The number of benzene rings is 2. The second kappa shape index (κ2) is 15.4. The summed E-state index contributed by atoms with van der Waals surface area (Å²) in [7, 11) is 0. The van der Waals surface area contributed by atoms with Gasteiger partial charge in [0.05, 0.1) is 0 Å². The highest BCUT2D eigenvalue weighted by molar-refractivity contribution is 5.36. The Morgan fingerprint density at radius 1 is 0.647 bits per heavy atom. The van der Waals surface area contributed by atoms with Crippen molar-refractivity contribution < 1.29 is 0 Å². The molecular weight excluding hydrogens is 412 g/mol.